The minimum Gasteiger partial charge on any atom is -0.322 e. The van der Waals surface area contributed by atoms with Crippen LogP contribution in [0.4, 0.5) is 10.1 Å². The van der Waals surface area contributed by atoms with Crippen molar-refractivity contribution in [2.45, 2.75) is 19.3 Å². The molecule has 126 valence electrons. The Bertz CT molecular complexity index is 961. The topological polar surface area (TPSA) is 46.9 Å². The van der Waals surface area contributed by atoms with Crippen molar-refractivity contribution in [2.24, 2.45) is 7.05 Å². The predicted molar refractivity (Wildman–Crippen MR) is 95.0 cm³/mol. The number of carbonyl (C=O) groups is 1. The van der Waals surface area contributed by atoms with Crippen molar-refractivity contribution in [2.75, 3.05) is 5.32 Å². The fourth-order valence-corrected chi connectivity index (χ4v) is 3.29. The van der Waals surface area contributed by atoms with Crippen LogP contribution in [-0.4, -0.2) is 15.7 Å². The Morgan fingerprint density at radius 3 is 2.76 bits per heavy atom. The van der Waals surface area contributed by atoms with E-state index in [2.05, 4.69) is 16.5 Å². The zero-order valence-corrected chi connectivity index (χ0v) is 13.9. The SMILES string of the molecule is Cn1ccc(-c2cc(F)cc(C(=O)Nc3ccc4c(c3)CCC4)c2)n1. The lowest BCUT2D eigenvalue weighted by Gasteiger charge is -2.09. The molecule has 0 unspecified atom stereocenters. The third-order valence-electron chi connectivity index (χ3n) is 4.53. The number of nitrogens with one attached hydrogen (secondary N) is 1. The standard InChI is InChI=1S/C20H18FN3O/c1-24-8-7-19(23-24)15-9-16(11-17(21)10-15)20(25)22-18-6-5-13-3-2-4-14(13)12-18/h5-12H,2-4H2,1H3,(H,22,25). The average molecular weight is 335 g/mol. The summed E-state index contributed by atoms with van der Waals surface area (Å²) in [6.45, 7) is 0. The zero-order valence-electron chi connectivity index (χ0n) is 13.9. The van der Waals surface area contributed by atoms with Crippen LogP contribution in [0.25, 0.3) is 11.3 Å². The van der Waals surface area contributed by atoms with Crippen molar-refractivity contribution >= 4 is 11.6 Å². The molecular weight excluding hydrogens is 317 g/mol. The van der Waals surface area contributed by atoms with E-state index in [1.54, 1.807) is 30.1 Å². The molecular formula is C20H18FN3O. The molecule has 5 heteroatoms. The second kappa shape index (κ2) is 6.16. The van der Waals surface area contributed by atoms with Crippen LogP contribution in [0, 0.1) is 5.82 Å². The molecule has 0 radical (unpaired) electrons. The number of nitrogens with zero attached hydrogens (tertiary/aromatic N) is 2. The molecule has 1 aliphatic carbocycles. The summed E-state index contributed by atoms with van der Waals surface area (Å²) in [6, 6.07) is 12.1. The van der Waals surface area contributed by atoms with Gasteiger partial charge in [-0.25, -0.2) is 4.39 Å². The van der Waals surface area contributed by atoms with Crippen molar-refractivity contribution in [1.82, 2.24) is 9.78 Å². The fraction of sp³-hybridized carbons (Fsp3) is 0.200. The molecule has 2 aromatic carbocycles. The van der Waals surface area contributed by atoms with E-state index < -0.39 is 5.82 Å². The molecule has 25 heavy (non-hydrogen) atoms. The molecule has 1 aliphatic rings. The molecule has 0 spiro atoms. The maximum atomic E-state index is 14.0. The van der Waals surface area contributed by atoms with Gasteiger partial charge in [0, 0.05) is 30.1 Å². The highest BCUT2D eigenvalue weighted by Gasteiger charge is 2.14. The number of aryl methyl sites for hydroxylation is 3. The van der Waals surface area contributed by atoms with Gasteiger partial charge >= 0.3 is 0 Å². The van der Waals surface area contributed by atoms with Crippen molar-refractivity contribution < 1.29 is 9.18 Å². The highest BCUT2D eigenvalue weighted by molar-refractivity contribution is 6.05. The van der Waals surface area contributed by atoms with E-state index in [4.69, 9.17) is 0 Å². The van der Waals surface area contributed by atoms with Gasteiger partial charge in [-0.1, -0.05) is 6.07 Å². The smallest absolute Gasteiger partial charge is 0.255 e. The summed E-state index contributed by atoms with van der Waals surface area (Å²) in [5.74, 6) is -0.781. The first-order chi connectivity index (χ1) is 12.1. The maximum absolute atomic E-state index is 14.0. The molecule has 0 bridgehead atoms. The highest BCUT2D eigenvalue weighted by Crippen LogP contribution is 2.26. The van der Waals surface area contributed by atoms with Crippen LogP contribution < -0.4 is 5.32 Å². The molecule has 1 heterocycles. The predicted octanol–water partition coefficient (Wildman–Crippen LogP) is 3.97. The fourth-order valence-electron chi connectivity index (χ4n) is 3.29. The van der Waals surface area contributed by atoms with E-state index >= 15 is 0 Å². The van der Waals surface area contributed by atoms with Crippen LogP contribution in [0.15, 0.2) is 48.7 Å². The number of halogens is 1. The normalized spacial score (nSPS) is 12.9. The molecule has 1 N–H and O–H groups in total. The molecule has 0 atom stereocenters. The first-order valence-electron chi connectivity index (χ1n) is 8.32. The number of hydrogen-bond acceptors (Lipinski definition) is 2. The summed E-state index contributed by atoms with van der Waals surface area (Å²) >= 11 is 0. The van der Waals surface area contributed by atoms with Gasteiger partial charge in [0.2, 0.25) is 0 Å². The molecule has 0 aliphatic heterocycles. The quantitative estimate of drug-likeness (QED) is 0.787. The number of carbonyl (C=O) groups excluding carboxylic acids is 1. The highest BCUT2D eigenvalue weighted by atomic mass is 19.1. The average Bonchev–Trinajstić information content (AvgIpc) is 3.22. The molecule has 0 saturated carbocycles. The zero-order chi connectivity index (χ0) is 17.4. The Morgan fingerprint density at radius 2 is 1.96 bits per heavy atom. The van der Waals surface area contributed by atoms with Gasteiger partial charge in [-0.3, -0.25) is 9.48 Å². The molecule has 1 aromatic heterocycles. The summed E-state index contributed by atoms with van der Waals surface area (Å²) < 4.78 is 15.6. The lowest BCUT2D eigenvalue weighted by atomic mass is 10.1. The van der Waals surface area contributed by atoms with E-state index in [0.717, 1.165) is 24.9 Å². The second-order valence-corrected chi connectivity index (χ2v) is 6.39. The number of benzene rings is 2. The van der Waals surface area contributed by atoms with Gasteiger partial charge < -0.3 is 5.32 Å². The molecule has 0 saturated heterocycles. The van der Waals surface area contributed by atoms with Crippen molar-refractivity contribution in [3.05, 3.63) is 71.2 Å². The van der Waals surface area contributed by atoms with E-state index in [1.165, 1.54) is 23.3 Å². The number of hydrogen-bond donors (Lipinski definition) is 1. The summed E-state index contributed by atoms with van der Waals surface area (Å²) in [4.78, 5) is 12.6. The largest absolute Gasteiger partial charge is 0.322 e. The van der Waals surface area contributed by atoms with Crippen molar-refractivity contribution in [3.8, 4) is 11.3 Å². The van der Waals surface area contributed by atoms with Gasteiger partial charge in [-0.05, 0) is 66.8 Å². The third-order valence-corrected chi connectivity index (χ3v) is 4.53. The summed E-state index contributed by atoms with van der Waals surface area (Å²) in [6.07, 6.45) is 5.08. The lowest BCUT2D eigenvalue weighted by molar-refractivity contribution is 0.102. The van der Waals surface area contributed by atoms with Crippen LogP contribution in [0.2, 0.25) is 0 Å². The lowest BCUT2D eigenvalue weighted by Crippen LogP contribution is -2.12. The summed E-state index contributed by atoms with van der Waals surface area (Å²) in [5.41, 5.74) is 4.87. The second-order valence-electron chi connectivity index (χ2n) is 6.39. The Morgan fingerprint density at radius 1 is 1.12 bits per heavy atom. The van der Waals surface area contributed by atoms with E-state index in [0.29, 0.717) is 11.3 Å². The van der Waals surface area contributed by atoms with Crippen LogP contribution in [0.3, 0.4) is 0 Å². The van der Waals surface area contributed by atoms with Gasteiger partial charge in [0.15, 0.2) is 0 Å². The van der Waals surface area contributed by atoms with E-state index in [9.17, 15) is 9.18 Å². The minimum atomic E-state index is -0.456. The van der Waals surface area contributed by atoms with Gasteiger partial charge in [0.1, 0.15) is 5.82 Å². The Balaban J connectivity index is 1.60. The number of amides is 1. The Hall–Kier alpha value is -2.95. The Labute approximate surface area is 145 Å². The van der Waals surface area contributed by atoms with Crippen molar-refractivity contribution in [1.29, 1.82) is 0 Å². The first kappa shape index (κ1) is 15.6. The van der Waals surface area contributed by atoms with Gasteiger partial charge in [-0.2, -0.15) is 5.10 Å². The van der Waals surface area contributed by atoms with Crippen molar-refractivity contribution in [3.63, 3.8) is 0 Å². The summed E-state index contributed by atoms with van der Waals surface area (Å²) in [5, 5.41) is 7.13. The van der Waals surface area contributed by atoms with Crippen LogP contribution in [-0.2, 0) is 19.9 Å². The first-order valence-corrected chi connectivity index (χ1v) is 8.32. The van der Waals surface area contributed by atoms with Crippen LogP contribution in [0.5, 0.6) is 0 Å². The number of anilines is 1. The van der Waals surface area contributed by atoms with Gasteiger partial charge in [-0.15, -0.1) is 0 Å². The minimum absolute atomic E-state index is 0.279. The summed E-state index contributed by atoms with van der Waals surface area (Å²) in [7, 11) is 1.80. The monoisotopic (exact) mass is 335 g/mol. The van der Waals surface area contributed by atoms with E-state index in [-0.39, 0.29) is 11.5 Å². The molecule has 4 rings (SSSR count). The maximum Gasteiger partial charge on any atom is 0.255 e. The van der Waals surface area contributed by atoms with Gasteiger partial charge in [0.25, 0.3) is 5.91 Å². The van der Waals surface area contributed by atoms with Crippen LogP contribution >= 0.6 is 0 Å². The van der Waals surface area contributed by atoms with E-state index in [1.807, 2.05) is 12.1 Å². The van der Waals surface area contributed by atoms with Gasteiger partial charge in [0.05, 0.1) is 5.69 Å². The molecule has 4 nitrogen and oxygen atoms in total. The molecule has 1 amide bonds. The number of rotatable bonds is 3. The Kier molecular flexibility index (Phi) is 3.84. The number of aromatic nitrogens is 2. The third kappa shape index (κ3) is 3.18. The molecule has 0 fully saturated rings. The number of fused-ring (bicyclic) bond motifs is 1. The molecule has 3 aromatic rings. The van der Waals surface area contributed by atoms with Crippen LogP contribution in [0.1, 0.15) is 27.9 Å².